The highest BCUT2D eigenvalue weighted by Gasteiger charge is 2.40. The lowest BCUT2D eigenvalue weighted by molar-refractivity contribution is 0.0120. The Labute approximate surface area is 102 Å². The van der Waals surface area contributed by atoms with Gasteiger partial charge in [-0.3, -0.25) is 4.79 Å². The molecular weight excluding hydrogens is 242 g/mol. The summed E-state index contributed by atoms with van der Waals surface area (Å²) in [7, 11) is 0. The summed E-state index contributed by atoms with van der Waals surface area (Å²) in [4.78, 5) is 15.6. The van der Waals surface area contributed by atoms with E-state index in [2.05, 4.69) is 10.0 Å². The number of alkyl halides is 2. The van der Waals surface area contributed by atoms with Crippen LogP contribution in [0.2, 0.25) is 0 Å². The van der Waals surface area contributed by atoms with Gasteiger partial charge in [-0.25, -0.2) is 8.78 Å². The average molecular weight is 252 g/mol. The van der Waals surface area contributed by atoms with E-state index in [0.717, 1.165) is 4.90 Å². The standard InChI is InChI=1S/C11H10F2N4O/c12-11(13)5-6-17(7-11)10(18)8-1-3-9(4-2-8)15-16-14/h1-4H,5-7H2. The SMILES string of the molecule is [N-]=[N+]=Nc1ccc(C(=O)N2CCC(F)(F)C2)cc1. The number of hydrogen-bond acceptors (Lipinski definition) is 2. The highest BCUT2D eigenvalue weighted by molar-refractivity contribution is 5.94. The molecule has 0 aliphatic carbocycles. The van der Waals surface area contributed by atoms with Crippen LogP contribution in [0.5, 0.6) is 0 Å². The third-order valence-electron chi connectivity index (χ3n) is 2.73. The molecule has 1 aromatic carbocycles. The Hall–Kier alpha value is -2.14. The molecule has 0 N–H and O–H groups in total. The molecule has 5 nitrogen and oxygen atoms in total. The van der Waals surface area contributed by atoms with Crippen LogP contribution in [0.3, 0.4) is 0 Å². The van der Waals surface area contributed by atoms with Crippen LogP contribution in [-0.2, 0) is 0 Å². The molecule has 0 atom stereocenters. The summed E-state index contributed by atoms with van der Waals surface area (Å²) in [6.45, 7) is -0.478. The van der Waals surface area contributed by atoms with Gasteiger partial charge in [-0.2, -0.15) is 0 Å². The van der Waals surface area contributed by atoms with Gasteiger partial charge < -0.3 is 4.90 Å². The molecule has 1 amide bonds. The van der Waals surface area contributed by atoms with Gasteiger partial charge in [0.1, 0.15) is 0 Å². The zero-order chi connectivity index (χ0) is 13.2. The lowest BCUT2D eigenvalue weighted by atomic mass is 10.2. The third-order valence-corrected chi connectivity index (χ3v) is 2.73. The Morgan fingerprint density at radius 2 is 2.06 bits per heavy atom. The molecule has 1 aliphatic rings. The first-order chi connectivity index (χ1) is 8.52. The van der Waals surface area contributed by atoms with E-state index in [9.17, 15) is 13.6 Å². The van der Waals surface area contributed by atoms with Crippen molar-refractivity contribution in [3.05, 3.63) is 40.3 Å². The van der Waals surface area contributed by atoms with Gasteiger partial charge in [0.25, 0.3) is 11.8 Å². The van der Waals surface area contributed by atoms with Crippen molar-refractivity contribution in [1.29, 1.82) is 0 Å². The molecule has 0 unspecified atom stereocenters. The molecule has 0 bridgehead atoms. The molecule has 7 heteroatoms. The number of carbonyl (C=O) groups is 1. The van der Waals surface area contributed by atoms with Crippen molar-refractivity contribution in [3.8, 4) is 0 Å². The smallest absolute Gasteiger partial charge is 0.267 e. The lowest BCUT2D eigenvalue weighted by Crippen LogP contribution is -2.31. The third kappa shape index (κ3) is 2.57. The Balaban J connectivity index is 2.12. The maximum Gasteiger partial charge on any atom is 0.267 e. The van der Waals surface area contributed by atoms with Gasteiger partial charge in [0, 0.05) is 29.1 Å². The highest BCUT2D eigenvalue weighted by Crippen LogP contribution is 2.28. The fourth-order valence-corrected chi connectivity index (χ4v) is 1.81. The van der Waals surface area contributed by atoms with Crippen LogP contribution in [0, 0.1) is 0 Å². The summed E-state index contributed by atoms with van der Waals surface area (Å²) >= 11 is 0. The normalized spacial score (nSPS) is 17.3. The zero-order valence-corrected chi connectivity index (χ0v) is 9.38. The van der Waals surface area contributed by atoms with Crippen LogP contribution in [0.4, 0.5) is 14.5 Å². The van der Waals surface area contributed by atoms with E-state index in [4.69, 9.17) is 5.53 Å². The summed E-state index contributed by atoms with van der Waals surface area (Å²) < 4.78 is 26.0. The molecule has 1 heterocycles. The Bertz CT molecular complexity index is 508. The highest BCUT2D eigenvalue weighted by atomic mass is 19.3. The van der Waals surface area contributed by atoms with Crippen LogP contribution < -0.4 is 0 Å². The van der Waals surface area contributed by atoms with Gasteiger partial charge >= 0.3 is 0 Å². The van der Waals surface area contributed by atoms with E-state index in [1.54, 1.807) is 0 Å². The molecule has 0 radical (unpaired) electrons. The fourth-order valence-electron chi connectivity index (χ4n) is 1.81. The van der Waals surface area contributed by atoms with Crippen LogP contribution >= 0.6 is 0 Å². The van der Waals surface area contributed by atoms with E-state index < -0.39 is 18.4 Å². The lowest BCUT2D eigenvalue weighted by Gasteiger charge is -2.15. The van der Waals surface area contributed by atoms with Gasteiger partial charge in [0.15, 0.2) is 0 Å². The maximum absolute atomic E-state index is 13.0. The van der Waals surface area contributed by atoms with Crippen molar-refractivity contribution in [2.75, 3.05) is 13.1 Å². The minimum atomic E-state index is -2.79. The van der Waals surface area contributed by atoms with Gasteiger partial charge in [-0.1, -0.05) is 17.2 Å². The average Bonchev–Trinajstić information content (AvgIpc) is 2.70. The van der Waals surface area contributed by atoms with Crippen LogP contribution in [0.25, 0.3) is 10.4 Å². The number of hydrogen-bond donors (Lipinski definition) is 0. The minimum Gasteiger partial charge on any atom is -0.332 e. The molecule has 0 aromatic heterocycles. The van der Waals surface area contributed by atoms with E-state index in [0.29, 0.717) is 11.3 Å². The molecule has 1 saturated heterocycles. The molecule has 1 aliphatic heterocycles. The largest absolute Gasteiger partial charge is 0.332 e. The van der Waals surface area contributed by atoms with Crippen molar-refractivity contribution in [3.63, 3.8) is 0 Å². The molecular formula is C11H10F2N4O. The number of likely N-dealkylation sites (tertiary alicyclic amines) is 1. The zero-order valence-electron chi connectivity index (χ0n) is 9.38. The number of benzene rings is 1. The van der Waals surface area contributed by atoms with E-state index in [-0.39, 0.29) is 13.0 Å². The molecule has 1 fully saturated rings. The summed E-state index contributed by atoms with van der Waals surface area (Å²) in [5.41, 5.74) is 8.91. The molecule has 0 saturated carbocycles. The van der Waals surface area contributed by atoms with E-state index in [1.807, 2.05) is 0 Å². The first-order valence-corrected chi connectivity index (χ1v) is 5.34. The van der Waals surface area contributed by atoms with Crippen molar-refractivity contribution in [2.45, 2.75) is 12.3 Å². The second kappa shape index (κ2) is 4.62. The van der Waals surface area contributed by atoms with Crippen LogP contribution in [0.1, 0.15) is 16.8 Å². The van der Waals surface area contributed by atoms with Crippen LogP contribution in [-0.4, -0.2) is 29.8 Å². The van der Waals surface area contributed by atoms with Gasteiger partial charge in [0.2, 0.25) is 0 Å². The van der Waals surface area contributed by atoms with Crippen LogP contribution in [0.15, 0.2) is 29.4 Å². The molecule has 1 aromatic rings. The molecule has 94 valence electrons. The Kier molecular flexibility index (Phi) is 3.16. The van der Waals surface area contributed by atoms with Gasteiger partial charge in [-0.05, 0) is 17.7 Å². The monoisotopic (exact) mass is 252 g/mol. The van der Waals surface area contributed by atoms with E-state index >= 15 is 0 Å². The summed E-state index contributed by atoms with van der Waals surface area (Å²) in [6.07, 6.45) is -0.296. The predicted molar refractivity (Wildman–Crippen MR) is 60.7 cm³/mol. The van der Waals surface area contributed by atoms with Crippen molar-refractivity contribution in [1.82, 2.24) is 4.90 Å². The quantitative estimate of drug-likeness (QED) is 0.453. The second-order valence-electron chi connectivity index (χ2n) is 4.07. The fraction of sp³-hybridized carbons (Fsp3) is 0.364. The van der Waals surface area contributed by atoms with Gasteiger partial charge in [0.05, 0.1) is 6.54 Å². The molecule has 18 heavy (non-hydrogen) atoms. The number of amides is 1. The maximum atomic E-state index is 13.0. The number of rotatable bonds is 2. The number of halogens is 2. The summed E-state index contributed by atoms with van der Waals surface area (Å²) in [5.74, 6) is -3.22. The molecule has 2 rings (SSSR count). The Morgan fingerprint density at radius 3 is 2.56 bits per heavy atom. The number of carbonyl (C=O) groups excluding carboxylic acids is 1. The number of azide groups is 1. The molecule has 0 spiro atoms. The first-order valence-electron chi connectivity index (χ1n) is 5.34. The van der Waals surface area contributed by atoms with Crippen molar-refractivity contribution < 1.29 is 13.6 Å². The van der Waals surface area contributed by atoms with Crippen molar-refractivity contribution in [2.24, 2.45) is 5.11 Å². The topological polar surface area (TPSA) is 69.1 Å². The van der Waals surface area contributed by atoms with E-state index in [1.165, 1.54) is 24.3 Å². The summed E-state index contributed by atoms with van der Waals surface area (Å²) in [6, 6.07) is 5.87. The predicted octanol–water partition coefficient (Wildman–Crippen LogP) is 3.11. The van der Waals surface area contributed by atoms with Crippen molar-refractivity contribution >= 4 is 11.6 Å². The summed E-state index contributed by atoms with van der Waals surface area (Å²) in [5, 5.41) is 3.36. The minimum absolute atomic E-state index is 0.0595. The number of nitrogens with zero attached hydrogens (tertiary/aromatic N) is 4. The first kappa shape index (κ1) is 12.3. The second-order valence-corrected chi connectivity index (χ2v) is 4.07. The van der Waals surface area contributed by atoms with Gasteiger partial charge in [-0.15, -0.1) is 0 Å². The Morgan fingerprint density at radius 1 is 1.39 bits per heavy atom.